The van der Waals surface area contributed by atoms with Crippen LogP contribution in [0.15, 0.2) is 0 Å². The van der Waals surface area contributed by atoms with E-state index < -0.39 is 0 Å². The Balaban J connectivity index is 2.37. The van der Waals surface area contributed by atoms with Crippen molar-refractivity contribution < 1.29 is 4.79 Å². The predicted octanol–water partition coefficient (Wildman–Crippen LogP) is 0.605. The standard InChI is InChI=1S/C11H21N3OS/c1-3-9(2)13-4-6-14(7-5-13)11(15)8-10(12)16/h9H,3-8H2,1-2H3,(H2,12,16). The van der Waals surface area contributed by atoms with Crippen LogP contribution < -0.4 is 5.73 Å². The molecule has 0 aromatic carbocycles. The first-order valence-electron chi connectivity index (χ1n) is 5.84. The molecule has 1 rings (SSSR count). The Bertz CT molecular complexity index is 262. The summed E-state index contributed by atoms with van der Waals surface area (Å²) in [4.78, 5) is 16.3. The Morgan fingerprint density at radius 3 is 2.38 bits per heavy atom. The summed E-state index contributed by atoms with van der Waals surface area (Å²) in [6.07, 6.45) is 1.36. The summed E-state index contributed by atoms with van der Waals surface area (Å²) in [5.41, 5.74) is 5.37. The lowest BCUT2D eigenvalue weighted by molar-refractivity contribution is -0.131. The fourth-order valence-electron chi connectivity index (χ4n) is 1.93. The van der Waals surface area contributed by atoms with E-state index in [0.29, 0.717) is 6.04 Å². The van der Waals surface area contributed by atoms with Gasteiger partial charge in [0.1, 0.15) is 0 Å². The molecule has 1 heterocycles. The maximum atomic E-state index is 11.7. The minimum atomic E-state index is 0.0660. The van der Waals surface area contributed by atoms with E-state index in [4.69, 9.17) is 18.0 Å². The van der Waals surface area contributed by atoms with Crippen LogP contribution in [0.3, 0.4) is 0 Å². The van der Waals surface area contributed by atoms with E-state index in [0.717, 1.165) is 32.6 Å². The van der Waals surface area contributed by atoms with Crippen LogP contribution in [-0.4, -0.2) is 52.9 Å². The molecule has 4 nitrogen and oxygen atoms in total. The average molecular weight is 243 g/mol. The lowest BCUT2D eigenvalue weighted by Crippen LogP contribution is -2.51. The second-order valence-electron chi connectivity index (χ2n) is 4.32. The maximum absolute atomic E-state index is 11.7. The first-order chi connectivity index (χ1) is 7.54. The van der Waals surface area contributed by atoms with Crippen molar-refractivity contribution in [2.75, 3.05) is 26.2 Å². The molecule has 2 N–H and O–H groups in total. The van der Waals surface area contributed by atoms with E-state index in [1.807, 2.05) is 4.90 Å². The lowest BCUT2D eigenvalue weighted by atomic mass is 10.2. The van der Waals surface area contributed by atoms with Gasteiger partial charge in [-0.05, 0) is 13.3 Å². The van der Waals surface area contributed by atoms with Crippen LogP contribution in [0.5, 0.6) is 0 Å². The molecule has 1 aliphatic rings. The number of rotatable bonds is 4. The molecule has 1 fully saturated rings. The van der Waals surface area contributed by atoms with Crippen LogP contribution in [0.1, 0.15) is 26.7 Å². The third-order valence-corrected chi connectivity index (χ3v) is 3.35. The van der Waals surface area contributed by atoms with Gasteiger partial charge in [-0.15, -0.1) is 0 Å². The van der Waals surface area contributed by atoms with Crippen molar-refractivity contribution in [2.24, 2.45) is 5.73 Å². The molecule has 0 spiro atoms. The van der Waals surface area contributed by atoms with E-state index in [-0.39, 0.29) is 17.3 Å². The molecule has 1 unspecified atom stereocenters. The van der Waals surface area contributed by atoms with Crippen LogP contribution in [0.4, 0.5) is 0 Å². The highest BCUT2D eigenvalue weighted by Crippen LogP contribution is 2.09. The molecule has 0 aromatic heterocycles. The molecule has 1 aliphatic heterocycles. The van der Waals surface area contributed by atoms with Gasteiger partial charge in [-0.1, -0.05) is 19.1 Å². The van der Waals surface area contributed by atoms with Crippen LogP contribution in [-0.2, 0) is 4.79 Å². The summed E-state index contributed by atoms with van der Waals surface area (Å²) in [6, 6.07) is 0.604. The number of nitrogens with two attached hydrogens (primary N) is 1. The molecule has 92 valence electrons. The van der Waals surface area contributed by atoms with Gasteiger partial charge in [0.05, 0.1) is 11.4 Å². The van der Waals surface area contributed by atoms with Crippen molar-refractivity contribution >= 4 is 23.1 Å². The molecule has 0 radical (unpaired) electrons. The Labute approximate surface area is 103 Å². The number of hydrogen-bond acceptors (Lipinski definition) is 3. The van der Waals surface area contributed by atoms with Crippen LogP contribution >= 0.6 is 12.2 Å². The second-order valence-corrected chi connectivity index (χ2v) is 4.84. The van der Waals surface area contributed by atoms with Gasteiger partial charge in [-0.2, -0.15) is 0 Å². The summed E-state index contributed by atoms with van der Waals surface area (Å²) in [5, 5.41) is 0. The first kappa shape index (κ1) is 13.4. The predicted molar refractivity (Wildman–Crippen MR) is 69.3 cm³/mol. The van der Waals surface area contributed by atoms with Crippen molar-refractivity contribution in [3.63, 3.8) is 0 Å². The highest BCUT2D eigenvalue weighted by Gasteiger charge is 2.23. The zero-order valence-corrected chi connectivity index (χ0v) is 10.9. The van der Waals surface area contributed by atoms with E-state index in [1.165, 1.54) is 0 Å². The summed E-state index contributed by atoms with van der Waals surface area (Å²) in [6.45, 7) is 7.93. The van der Waals surface area contributed by atoms with Gasteiger partial charge in [0, 0.05) is 32.2 Å². The summed E-state index contributed by atoms with van der Waals surface area (Å²) in [5.74, 6) is 0.0660. The van der Waals surface area contributed by atoms with Gasteiger partial charge in [0.2, 0.25) is 5.91 Å². The molecule has 0 saturated carbocycles. The molecule has 0 aliphatic carbocycles. The molecule has 1 atom stereocenters. The highest BCUT2D eigenvalue weighted by atomic mass is 32.1. The van der Waals surface area contributed by atoms with Gasteiger partial charge >= 0.3 is 0 Å². The first-order valence-corrected chi connectivity index (χ1v) is 6.25. The largest absolute Gasteiger partial charge is 0.393 e. The normalized spacial score (nSPS) is 19.5. The van der Waals surface area contributed by atoms with Crippen molar-refractivity contribution in [3.8, 4) is 0 Å². The SMILES string of the molecule is CCC(C)N1CCN(C(=O)CC(N)=S)CC1. The number of thiocarbonyl (C=S) groups is 1. The van der Waals surface area contributed by atoms with E-state index in [1.54, 1.807) is 0 Å². The maximum Gasteiger partial charge on any atom is 0.229 e. The van der Waals surface area contributed by atoms with Crippen molar-refractivity contribution in [1.82, 2.24) is 9.80 Å². The molecule has 1 amide bonds. The minimum absolute atomic E-state index is 0.0660. The molecular weight excluding hydrogens is 222 g/mol. The molecule has 1 saturated heterocycles. The summed E-state index contributed by atoms with van der Waals surface area (Å²) >= 11 is 4.74. The number of piperazine rings is 1. The Morgan fingerprint density at radius 1 is 1.38 bits per heavy atom. The van der Waals surface area contributed by atoms with Crippen molar-refractivity contribution in [3.05, 3.63) is 0 Å². The molecular formula is C11H21N3OS. The summed E-state index contributed by atoms with van der Waals surface area (Å²) in [7, 11) is 0. The highest BCUT2D eigenvalue weighted by molar-refractivity contribution is 7.80. The van der Waals surface area contributed by atoms with Crippen molar-refractivity contribution in [2.45, 2.75) is 32.7 Å². The Morgan fingerprint density at radius 2 is 1.94 bits per heavy atom. The van der Waals surface area contributed by atoms with Crippen LogP contribution in [0.2, 0.25) is 0 Å². The smallest absolute Gasteiger partial charge is 0.229 e. The number of carbonyl (C=O) groups excluding carboxylic acids is 1. The molecule has 0 bridgehead atoms. The van der Waals surface area contributed by atoms with Crippen LogP contribution in [0.25, 0.3) is 0 Å². The van der Waals surface area contributed by atoms with E-state index >= 15 is 0 Å². The molecule has 5 heteroatoms. The van der Waals surface area contributed by atoms with Gasteiger partial charge in [0.25, 0.3) is 0 Å². The third kappa shape index (κ3) is 3.72. The molecule has 16 heavy (non-hydrogen) atoms. The van der Waals surface area contributed by atoms with Crippen LogP contribution in [0, 0.1) is 0 Å². The Hall–Kier alpha value is -0.680. The van der Waals surface area contributed by atoms with Gasteiger partial charge in [0.15, 0.2) is 0 Å². The Kier molecular flexibility index (Phi) is 5.15. The second kappa shape index (κ2) is 6.15. The summed E-state index contributed by atoms with van der Waals surface area (Å²) < 4.78 is 0. The van der Waals surface area contributed by atoms with Crippen molar-refractivity contribution in [1.29, 1.82) is 0 Å². The minimum Gasteiger partial charge on any atom is -0.393 e. The monoisotopic (exact) mass is 243 g/mol. The third-order valence-electron chi connectivity index (χ3n) is 3.21. The zero-order chi connectivity index (χ0) is 12.1. The fraction of sp³-hybridized carbons (Fsp3) is 0.818. The number of nitrogens with zero attached hydrogens (tertiary/aromatic N) is 2. The van der Waals surface area contributed by atoms with E-state index in [9.17, 15) is 4.79 Å². The average Bonchev–Trinajstić information content (AvgIpc) is 2.27. The fourth-order valence-corrected chi connectivity index (χ4v) is 2.05. The van der Waals surface area contributed by atoms with Gasteiger partial charge < -0.3 is 10.6 Å². The number of amides is 1. The van der Waals surface area contributed by atoms with E-state index in [2.05, 4.69) is 18.7 Å². The quantitative estimate of drug-likeness (QED) is 0.735. The zero-order valence-electron chi connectivity index (χ0n) is 10.1. The van der Waals surface area contributed by atoms with Gasteiger partial charge in [-0.25, -0.2) is 0 Å². The molecule has 0 aromatic rings. The lowest BCUT2D eigenvalue weighted by Gasteiger charge is -2.37. The van der Waals surface area contributed by atoms with Gasteiger partial charge in [-0.3, -0.25) is 9.69 Å². The topological polar surface area (TPSA) is 49.6 Å². The number of carbonyl (C=O) groups is 1. The number of hydrogen-bond donors (Lipinski definition) is 1.